The highest BCUT2D eigenvalue weighted by atomic mass is 32.1. The van der Waals surface area contributed by atoms with Crippen LogP contribution in [0, 0.1) is 6.92 Å². The van der Waals surface area contributed by atoms with Crippen molar-refractivity contribution in [2.24, 2.45) is 0 Å². The molecular weight excluding hydrogens is 404 g/mol. The first kappa shape index (κ1) is 21.3. The fourth-order valence-corrected chi connectivity index (χ4v) is 4.89. The summed E-state index contributed by atoms with van der Waals surface area (Å²) in [6.07, 6.45) is 4.55. The van der Waals surface area contributed by atoms with Crippen LogP contribution < -0.4 is 10.2 Å². The van der Waals surface area contributed by atoms with Gasteiger partial charge in [-0.05, 0) is 48.9 Å². The van der Waals surface area contributed by atoms with E-state index in [9.17, 15) is 9.59 Å². The minimum Gasteiger partial charge on any atom is -0.351 e. The van der Waals surface area contributed by atoms with Crippen molar-refractivity contribution in [1.82, 2.24) is 5.32 Å². The van der Waals surface area contributed by atoms with Gasteiger partial charge in [-0.2, -0.15) is 0 Å². The molecule has 1 heterocycles. The van der Waals surface area contributed by atoms with Crippen LogP contribution in [0.4, 0.5) is 5.69 Å². The molecule has 1 fully saturated rings. The molecule has 0 spiro atoms. The van der Waals surface area contributed by atoms with Crippen LogP contribution in [0.25, 0.3) is 0 Å². The number of carbonyl (C=O) groups is 2. The molecule has 160 valence electrons. The van der Waals surface area contributed by atoms with E-state index in [0.29, 0.717) is 0 Å². The summed E-state index contributed by atoms with van der Waals surface area (Å²) < 4.78 is 0. The number of hydrogen-bond donors (Lipinski definition) is 1. The standard InChI is InChI=1S/C26H28N2O2S/c1-19-13-15-22(16-14-19)28(24(29)18-23-12-7-17-31-23)25(20-8-3-2-4-9-20)26(30)27-21-10-5-6-11-21/h2-4,7-9,12-17,21,25H,5-6,10-11,18H2,1H3,(H,27,30). The Bertz CT molecular complexity index is 994. The van der Waals surface area contributed by atoms with E-state index in [2.05, 4.69) is 5.32 Å². The van der Waals surface area contributed by atoms with E-state index in [-0.39, 0.29) is 24.3 Å². The van der Waals surface area contributed by atoms with Crippen LogP contribution in [0.3, 0.4) is 0 Å². The predicted molar refractivity (Wildman–Crippen MR) is 126 cm³/mol. The number of anilines is 1. The van der Waals surface area contributed by atoms with E-state index in [1.54, 1.807) is 16.2 Å². The Kier molecular flexibility index (Phi) is 6.82. The molecule has 2 amide bonds. The predicted octanol–water partition coefficient (Wildman–Crippen LogP) is 5.43. The van der Waals surface area contributed by atoms with Crippen molar-refractivity contribution in [3.8, 4) is 0 Å². The molecule has 0 saturated heterocycles. The Hall–Kier alpha value is -2.92. The summed E-state index contributed by atoms with van der Waals surface area (Å²) in [6.45, 7) is 2.02. The highest BCUT2D eigenvalue weighted by Gasteiger charge is 2.34. The maximum absolute atomic E-state index is 13.6. The monoisotopic (exact) mass is 432 g/mol. The number of carbonyl (C=O) groups excluding carboxylic acids is 2. The van der Waals surface area contributed by atoms with Gasteiger partial charge in [0, 0.05) is 16.6 Å². The smallest absolute Gasteiger partial charge is 0.248 e. The minimum atomic E-state index is -0.711. The summed E-state index contributed by atoms with van der Waals surface area (Å²) in [5.41, 5.74) is 2.67. The zero-order valence-corrected chi connectivity index (χ0v) is 18.6. The maximum Gasteiger partial charge on any atom is 0.248 e. The van der Waals surface area contributed by atoms with Gasteiger partial charge in [0.25, 0.3) is 0 Å². The third kappa shape index (κ3) is 5.23. The van der Waals surface area contributed by atoms with Crippen molar-refractivity contribution in [1.29, 1.82) is 0 Å². The van der Waals surface area contributed by atoms with E-state index in [0.717, 1.165) is 47.4 Å². The Labute approximate surface area is 187 Å². The van der Waals surface area contributed by atoms with Gasteiger partial charge in [-0.1, -0.05) is 66.9 Å². The Morgan fingerprint density at radius 3 is 2.35 bits per heavy atom. The molecule has 1 aromatic heterocycles. The van der Waals surface area contributed by atoms with Crippen molar-refractivity contribution in [2.45, 2.75) is 51.1 Å². The summed E-state index contributed by atoms with van der Waals surface area (Å²) in [5.74, 6) is -0.195. The van der Waals surface area contributed by atoms with Gasteiger partial charge < -0.3 is 5.32 Å². The van der Waals surface area contributed by atoms with Gasteiger partial charge in [0.05, 0.1) is 6.42 Å². The second-order valence-corrected chi connectivity index (χ2v) is 9.19. The molecule has 1 unspecified atom stereocenters. The molecule has 3 aromatic rings. The molecule has 1 N–H and O–H groups in total. The molecule has 2 aromatic carbocycles. The van der Waals surface area contributed by atoms with Crippen molar-refractivity contribution in [2.75, 3.05) is 4.90 Å². The lowest BCUT2D eigenvalue weighted by Gasteiger charge is -2.32. The highest BCUT2D eigenvalue weighted by Crippen LogP contribution is 2.30. The molecule has 1 aliphatic carbocycles. The number of amides is 2. The topological polar surface area (TPSA) is 49.4 Å². The van der Waals surface area contributed by atoms with Gasteiger partial charge in [-0.3, -0.25) is 14.5 Å². The first-order valence-corrected chi connectivity index (χ1v) is 11.8. The van der Waals surface area contributed by atoms with E-state index in [1.807, 2.05) is 79.0 Å². The Morgan fingerprint density at radius 1 is 1.00 bits per heavy atom. The summed E-state index contributed by atoms with van der Waals surface area (Å²) in [4.78, 5) is 29.9. The zero-order chi connectivity index (χ0) is 21.6. The Balaban J connectivity index is 1.73. The number of nitrogens with zero attached hydrogens (tertiary/aromatic N) is 1. The first-order chi connectivity index (χ1) is 15.1. The number of rotatable bonds is 7. The van der Waals surface area contributed by atoms with E-state index >= 15 is 0 Å². The van der Waals surface area contributed by atoms with Crippen LogP contribution in [0.1, 0.15) is 47.7 Å². The maximum atomic E-state index is 13.6. The minimum absolute atomic E-state index is 0.0817. The van der Waals surface area contributed by atoms with E-state index in [1.165, 1.54) is 0 Å². The van der Waals surface area contributed by atoms with Gasteiger partial charge in [0.1, 0.15) is 6.04 Å². The van der Waals surface area contributed by atoms with Crippen molar-refractivity contribution < 1.29 is 9.59 Å². The zero-order valence-electron chi connectivity index (χ0n) is 17.8. The Morgan fingerprint density at radius 2 is 1.71 bits per heavy atom. The van der Waals surface area contributed by atoms with Crippen LogP contribution in [0.5, 0.6) is 0 Å². The molecule has 5 heteroatoms. The molecule has 31 heavy (non-hydrogen) atoms. The number of aryl methyl sites for hydroxylation is 1. The summed E-state index contributed by atoms with van der Waals surface area (Å²) in [7, 11) is 0. The summed E-state index contributed by atoms with van der Waals surface area (Å²) >= 11 is 1.56. The number of benzene rings is 2. The van der Waals surface area contributed by atoms with Gasteiger partial charge in [0.2, 0.25) is 11.8 Å². The number of hydrogen-bond acceptors (Lipinski definition) is 3. The van der Waals surface area contributed by atoms with Crippen LogP contribution in [-0.2, 0) is 16.0 Å². The van der Waals surface area contributed by atoms with Gasteiger partial charge in [-0.25, -0.2) is 0 Å². The van der Waals surface area contributed by atoms with Crippen LogP contribution in [0.2, 0.25) is 0 Å². The molecule has 1 saturated carbocycles. The average molecular weight is 433 g/mol. The normalized spacial score (nSPS) is 14.9. The number of nitrogens with one attached hydrogen (secondary N) is 1. The molecule has 4 nitrogen and oxygen atoms in total. The van der Waals surface area contributed by atoms with Crippen molar-refractivity contribution >= 4 is 28.8 Å². The lowest BCUT2D eigenvalue weighted by Crippen LogP contribution is -2.46. The van der Waals surface area contributed by atoms with E-state index < -0.39 is 6.04 Å². The second kappa shape index (κ2) is 9.92. The molecular formula is C26H28N2O2S. The molecule has 0 aliphatic heterocycles. The lowest BCUT2D eigenvalue weighted by molar-refractivity contribution is -0.127. The molecule has 1 atom stereocenters. The van der Waals surface area contributed by atoms with Crippen molar-refractivity contribution in [3.05, 3.63) is 88.1 Å². The van der Waals surface area contributed by atoms with Crippen LogP contribution in [-0.4, -0.2) is 17.9 Å². The third-order valence-corrected chi connectivity index (χ3v) is 6.69. The van der Waals surface area contributed by atoms with Gasteiger partial charge >= 0.3 is 0 Å². The fraction of sp³-hybridized carbons (Fsp3) is 0.308. The largest absolute Gasteiger partial charge is 0.351 e. The molecule has 0 bridgehead atoms. The fourth-order valence-electron chi connectivity index (χ4n) is 4.19. The quantitative estimate of drug-likeness (QED) is 0.541. The summed E-state index contributed by atoms with van der Waals surface area (Å²) in [5, 5.41) is 5.20. The van der Waals surface area contributed by atoms with Crippen molar-refractivity contribution in [3.63, 3.8) is 0 Å². The SMILES string of the molecule is Cc1ccc(N(C(=O)Cc2cccs2)C(C(=O)NC2CCCC2)c2ccccc2)cc1. The van der Waals surface area contributed by atoms with Gasteiger partial charge in [0.15, 0.2) is 0 Å². The second-order valence-electron chi connectivity index (χ2n) is 8.16. The average Bonchev–Trinajstić information content (AvgIpc) is 3.47. The lowest BCUT2D eigenvalue weighted by atomic mass is 10.0. The van der Waals surface area contributed by atoms with Gasteiger partial charge in [-0.15, -0.1) is 11.3 Å². The van der Waals surface area contributed by atoms with Crippen LogP contribution >= 0.6 is 11.3 Å². The molecule has 0 radical (unpaired) electrons. The first-order valence-electron chi connectivity index (χ1n) is 10.9. The molecule has 4 rings (SSSR count). The number of thiophene rings is 1. The summed E-state index contributed by atoms with van der Waals surface area (Å²) in [6, 6.07) is 20.8. The highest BCUT2D eigenvalue weighted by molar-refractivity contribution is 7.10. The van der Waals surface area contributed by atoms with E-state index in [4.69, 9.17) is 0 Å². The third-order valence-electron chi connectivity index (χ3n) is 5.81. The molecule has 1 aliphatic rings. The van der Waals surface area contributed by atoms with Crippen LogP contribution in [0.15, 0.2) is 72.1 Å².